The number of aryl methyl sites for hydroxylation is 1. The van der Waals surface area contributed by atoms with E-state index in [2.05, 4.69) is 20.6 Å². The molecule has 0 amide bonds. The number of nitrogens with one attached hydrogen (secondary N) is 1. The molecule has 0 atom stereocenters. The fourth-order valence-electron chi connectivity index (χ4n) is 1.33. The van der Waals surface area contributed by atoms with Crippen LogP contribution in [-0.2, 0) is 20.1 Å². The molecule has 0 aliphatic rings. The number of nitrogens with zero attached hydrogens (tertiary/aromatic N) is 4. The van der Waals surface area contributed by atoms with Crippen LogP contribution in [0.5, 0.6) is 0 Å². The lowest BCUT2D eigenvalue weighted by atomic mass is 10.3. The van der Waals surface area contributed by atoms with Gasteiger partial charge in [-0.1, -0.05) is 0 Å². The molecule has 2 aromatic rings. The molecule has 1 N–H and O–H groups in total. The fraction of sp³-hybridized carbons (Fsp3) is 0.300. The molecule has 0 bridgehead atoms. The highest BCUT2D eigenvalue weighted by Gasteiger charge is 1.96. The zero-order valence-corrected chi connectivity index (χ0v) is 8.59. The Morgan fingerprint density at radius 3 is 3.00 bits per heavy atom. The molecule has 5 nitrogen and oxygen atoms in total. The van der Waals surface area contributed by atoms with Crippen LogP contribution in [0.1, 0.15) is 11.3 Å². The van der Waals surface area contributed by atoms with E-state index < -0.39 is 0 Å². The van der Waals surface area contributed by atoms with Crippen molar-refractivity contribution in [2.75, 3.05) is 0 Å². The third-order valence-corrected chi connectivity index (χ3v) is 2.02. The van der Waals surface area contributed by atoms with Crippen LogP contribution in [0, 0.1) is 0 Å². The van der Waals surface area contributed by atoms with Gasteiger partial charge in [-0.3, -0.25) is 4.68 Å². The van der Waals surface area contributed by atoms with Gasteiger partial charge in [-0.15, -0.1) is 0 Å². The molecular weight excluding hydrogens is 190 g/mol. The van der Waals surface area contributed by atoms with Crippen molar-refractivity contribution in [2.45, 2.75) is 13.1 Å². The Labute approximate surface area is 88.1 Å². The van der Waals surface area contributed by atoms with E-state index in [0.29, 0.717) is 0 Å². The normalized spacial score (nSPS) is 10.5. The Morgan fingerprint density at radius 1 is 1.40 bits per heavy atom. The van der Waals surface area contributed by atoms with Gasteiger partial charge in [0, 0.05) is 38.1 Å². The summed E-state index contributed by atoms with van der Waals surface area (Å²) in [5, 5.41) is 15.2. The van der Waals surface area contributed by atoms with E-state index in [9.17, 15) is 0 Å². The zero-order chi connectivity index (χ0) is 10.5. The molecule has 0 unspecified atom stereocenters. The van der Waals surface area contributed by atoms with E-state index in [4.69, 9.17) is 0 Å². The van der Waals surface area contributed by atoms with Crippen LogP contribution < -0.4 is 5.32 Å². The zero-order valence-electron chi connectivity index (χ0n) is 8.59. The predicted octanol–water partition coefficient (Wildman–Crippen LogP) is 0.500. The van der Waals surface area contributed by atoms with E-state index in [1.54, 1.807) is 10.9 Å². The van der Waals surface area contributed by atoms with Gasteiger partial charge < -0.3 is 5.32 Å². The molecule has 0 radical (unpaired) electrons. The molecule has 0 spiro atoms. The van der Waals surface area contributed by atoms with Gasteiger partial charge in [0.05, 0.1) is 11.9 Å². The maximum Gasteiger partial charge on any atom is 0.0769 e. The molecule has 2 aromatic heterocycles. The van der Waals surface area contributed by atoms with Gasteiger partial charge in [0.25, 0.3) is 0 Å². The highest BCUT2D eigenvalue weighted by Crippen LogP contribution is 1.96. The summed E-state index contributed by atoms with van der Waals surface area (Å²) >= 11 is 0. The van der Waals surface area contributed by atoms with Crippen molar-refractivity contribution < 1.29 is 0 Å². The minimum atomic E-state index is 0.725. The molecule has 0 saturated carbocycles. The smallest absolute Gasteiger partial charge is 0.0769 e. The van der Waals surface area contributed by atoms with Crippen LogP contribution in [0.3, 0.4) is 0 Å². The van der Waals surface area contributed by atoms with E-state index in [1.165, 1.54) is 5.56 Å². The van der Waals surface area contributed by atoms with E-state index >= 15 is 0 Å². The molecule has 78 valence electrons. The van der Waals surface area contributed by atoms with Crippen LogP contribution >= 0.6 is 0 Å². The molecule has 0 aliphatic heterocycles. The first kappa shape index (κ1) is 9.79. The molecular formula is C10H13N5. The molecule has 0 saturated heterocycles. The first-order chi connectivity index (χ1) is 7.34. The van der Waals surface area contributed by atoms with Crippen molar-refractivity contribution in [2.24, 2.45) is 7.05 Å². The van der Waals surface area contributed by atoms with Gasteiger partial charge >= 0.3 is 0 Å². The topological polar surface area (TPSA) is 55.6 Å². The SMILES string of the molecule is Cn1cc(CNCc2cccnn2)cn1. The predicted molar refractivity (Wildman–Crippen MR) is 55.8 cm³/mol. The second-order valence-corrected chi connectivity index (χ2v) is 3.34. The van der Waals surface area contributed by atoms with Crippen LogP contribution in [-0.4, -0.2) is 20.0 Å². The van der Waals surface area contributed by atoms with Gasteiger partial charge in [0.1, 0.15) is 0 Å². The number of hydrogen-bond donors (Lipinski definition) is 1. The Bertz CT molecular complexity index is 409. The highest BCUT2D eigenvalue weighted by molar-refractivity contribution is 5.04. The Hall–Kier alpha value is -1.75. The maximum absolute atomic E-state index is 4.09. The minimum absolute atomic E-state index is 0.725. The van der Waals surface area contributed by atoms with E-state index in [-0.39, 0.29) is 0 Å². The lowest BCUT2D eigenvalue weighted by molar-refractivity contribution is 0.669. The summed E-state index contributed by atoms with van der Waals surface area (Å²) in [4.78, 5) is 0. The molecule has 2 rings (SSSR count). The van der Waals surface area contributed by atoms with Crippen molar-refractivity contribution in [3.63, 3.8) is 0 Å². The summed E-state index contributed by atoms with van der Waals surface area (Å²) in [6.45, 7) is 1.52. The molecule has 2 heterocycles. The summed E-state index contributed by atoms with van der Waals surface area (Å²) in [6, 6.07) is 3.83. The molecule has 5 heteroatoms. The summed E-state index contributed by atoms with van der Waals surface area (Å²) in [7, 11) is 1.91. The molecule has 15 heavy (non-hydrogen) atoms. The van der Waals surface area contributed by atoms with Crippen molar-refractivity contribution in [3.05, 3.63) is 42.0 Å². The minimum Gasteiger partial charge on any atom is -0.307 e. The third-order valence-electron chi connectivity index (χ3n) is 2.02. The fourth-order valence-corrected chi connectivity index (χ4v) is 1.33. The average molecular weight is 203 g/mol. The summed E-state index contributed by atoms with van der Waals surface area (Å²) in [5.74, 6) is 0. The number of hydrogen-bond acceptors (Lipinski definition) is 4. The first-order valence-electron chi connectivity index (χ1n) is 4.79. The van der Waals surface area contributed by atoms with Gasteiger partial charge in [0.15, 0.2) is 0 Å². The Balaban J connectivity index is 1.80. The Kier molecular flexibility index (Phi) is 3.04. The van der Waals surface area contributed by atoms with Crippen LogP contribution in [0.4, 0.5) is 0 Å². The monoisotopic (exact) mass is 203 g/mol. The molecule has 0 aliphatic carbocycles. The van der Waals surface area contributed by atoms with Gasteiger partial charge in [-0.05, 0) is 12.1 Å². The second-order valence-electron chi connectivity index (χ2n) is 3.34. The summed E-state index contributed by atoms with van der Waals surface area (Å²) in [5.41, 5.74) is 2.11. The number of rotatable bonds is 4. The number of aromatic nitrogens is 4. The lowest BCUT2D eigenvalue weighted by Gasteiger charge is -2.00. The van der Waals surface area contributed by atoms with Crippen LogP contribution in [0.2, 0.25) is 0 Å². The first-order valence-corrected chi connectivity index (χ1v) is 4.79. The quantitative estimate of drug-likeness (QED) is 0.786. The Morgan fingerprint density at radius 2 is 2.33 bits per heavy atom. The van der Waals surface area contributed by atoms with Crippen LogP contribution in [0.25, 0.3) is 0 Å². The van der Waals surface area contributed by atoms with Crippen LogP contribution in [0.15, 0.2) is 30.7 Å². The van der Waals surface area contributed by atoms with Gasteiger partial charge in [-0.2, -0.15) is 15.3 Å². The average Bonchev–Trinajstić information content (AvgIpc) is 2.66. The standard InChI is InChI=1S/C10H13N5/c1-15-8-9(6-13-15)5-11-7-10-3-2-4-12-14-10/h2-4,6,8,11H,5,7H2,1H3. The molecule has 0 aromatic carbocycles. The summed E-state index contributed by atoms with van der Waals surface area (Å²) in [6.07, 6.45) is 5.51. The van der Waals surface area contributed by atoms with Gasteiger partial charge in [-0.25, -0.2) is 0 Å². The van der Waals surface area contributed by atoms with Crippen molar-refractivity contribution in [1.29, 1.82) is 0 Å². The van der Waals surface area contributed by atoms with Crippen molar-refractivity contribution in [3.8, 4) is 0 Å². The second kappa shape index (κ2) is 4.65. The van der Waals surface area contributed by atoms with Crippen molar-refractivity contribution >= 4 is 0 Å². The van der Waals surface area contributed by atoms with E-state index in [1.807, 2.05) is 31.6 Å². The lowest BCUT2D eigenvalue weighted by Crippen LogP contribution is -2.13. The van der Waals surface area contributed by atoms with Gasteiger partial charge in [0.2, 0.25) is 0 Å². The third kappa shape index (κ3) is 2.85. The maximum atomic E-state index is 4.09. The molecule has 0 fully saturated rings. The van der Waals surface area contributed by atoms with Crippen molar-refractivity contribution in [1.82, 2.24) is 25.3 Å². The summed E-state index contributed by atoms with van der Waals surface area (Å²) < 4.78 is 1.79. The largest absolute Gasteiger partial charge is 0.307 e. The highest BCUT2D eigenvalue weighted by atomic mass is 15.2. The van der Waals surface area contributed by atoms with E-state index in [0.717, 1.165) is 18.8 Å².